The molecule has 6 nitrogen and oxygen atoms in total. The van der Waals surface area contributed by atoms with Gasteiger partial charge in [-0.05, 0) is 35.9 Å². The molecule has 1 aromatic heterocycles. The predicted molar refractivity (Wildman–Crippen MR) is 69.1 cm³/mol. The summed E-state index contributed by atoms with van der Waals surface area (Å²) < 4.78 is 0. The Morgan fingerprint density at radius 3 is 2.79 bits per heavy atom. The largest absolute Gasteiger partial charge is 0.504 e. The molecule has 3 N–H and O–H groups in total. The van der Waals surface area contributed by atoms with Crippen LogP contribution in [0.2, 0.25) is 0 Å². The van der Waals surface area contributed by atoms with Crippen molar-refractivity contribution in [2.75, 3.05) is 0 Å². The Balaban J connectivity index is 2.00. The van der Waals surface area contributed by atoms with Gasteiger partial charge in [0.2, 0.25) is 0 Å². The van der Waals surface area contributed by atoms with Crippen LogP contribution in [0.4, 0.5) is 0 Å². The van der Waals surface area contributed by atoms with Gasteiger partial charge in [0, 0.05) is 12.4 Å². The average Bonchev–Trinajstić information content (AvgIpc) is 2.43. The normalized spacial score (nSPS) is 10.5. The topological polar surface area (TPSA) is 94.8 Å². The number of amides is 1. The summed E-state index contributed by atoms with van der Waals surface area (Å²) in [5, 5.41) is 22.2. The second kappa shape index (κ2) is 5.63. The molecule has 1 aromatic carbocycles. The van der Waals surface area contributed by atoms with E-state index in [-0.39, 0.29) is 17.4 Å². The summed E-state index contributed by atoms with van der Waals surface area (Å²) in [6, 6.07) is 7.48. The monoisotopic (exact) mass is 257 g/mol. The van der Waals surface area contributed by atoms with Gasteiger partial charge in [0.1, 0.15) is 0 Å². The van der Waals surface area contributed by atoms with E-state index in [1.807, 2.05) is 0 Å². The Labute approximate surface area is 109 Å². The molecule has 0 fully saturated rings. The molecule has 0 spiro atoms. The van der Waals surface area contributed by atoms with Crippen molar-refractivity contribution in [2.45, 2.75) is 0 Å². The van der Waals surface area contributed by atoms with Gasteiger partial charge in [0.15, 0.2) is 11.5 Å². The van der Waals surface area contributed by atoms with Gasteiger partial charge in [-0.2, -0.15) is 5.10 Å². The highest BCUT2D eigenvalue weighted by Crippen LogP contribution is 2.23. The van der Waals surface area contributed by atoms with E-state index in [0.717, 1.165) is 0 Å². The fraction of sp³-hybridized carbons (Fsp3) is 0. The Hall–Kier alpha value is -2.89. The van der Waals surface area contributed by atoms with Crippen LogP contribution >= 0.6 is 0 Å². The fourth-order valence-corrected chi connectivity index (χ4v) is 1.35. The summed E-state index contributed by atoms with van der Waals surface area (Å²) in [5.41, 5.74) is 3.27. The number of phenols is 2. The molecular formula is C13H11N3O3. The molecule has 0 aliphatic rings. The van der Waals surface area contributed by atoms with Gasteiger partial charge in [0.05, 0.1) is 11.8 Å². The third-order valence-corrected chi connectivity index (χ3v) is 2.30. The van der Waals surface area contributed by atoms with Crippen LogP contribution in [0.1, 0.15) is 15.9 Å². The summed E-state index contributed by atoms with van der Waals surface area (Å²) in [6.07, 6.45) is 4.35. The second-order valence-corrected chi connectivity index (χ2v) is 3.69. The number of aromatic hydroxyl groups is 2. The predicted octanol–water partition coefficient (Wildman–Crippen LogP) is 1.26. The molecule has 96 valence electrons. The minimum absolute atomic E-state index is 0.212. The lowest BCUT2D eigenvalue weighted by atomic mass is 10.2. The Bertz CT molecular complexity index is 612. The maximum atomic E-state index is 11.6. The van der Waals surface area contributed by atoms with Crippen molar-refractivity contribution in [2.24, 2.45) is 5.10 Å². The second-order valence-electron chi connectivity index (χ2n) is 3.69. The van der Waals surface area contributed by atoms with Gasteiger partial charge in [-0.3, -0.25) is 9.78 Å². The van der Waals surface area contributed by atoms with E-state index in [2.05, 4.69) is 15.5 Å². The van der Waals surface area contributed by atoms with Crippen LogP contribution in [-0.2, 0) is 0 Å². The van der Waals surface area contributed by atoms with Crippen molar-refractivity contribution >= 4 is 12.1 Å². The summed E-state index contributed by atoms with van der Waals surface area (Å²) in [4.78, 5) is 15.4. The van der Waals surface area contributed by atoms with E-state index in [9.17, 15) is 9.90 Å². The minimum atomic E-state index is -0.382. The molecule has 2 rings (SSSR count). The number of benzene rings is 1. The average molecular weight is 257 g/mol. The van der Waals surface area contributed by atoms with Crippen molar-refractivity contribution < 1.29 is 15.0 Å². The Morgan fingerprint density at radius 1 is 1.26 bits per heavy atom. The quantitative estimate of drug-likeness (QED) is 0.438. The van der Waals surface area contributed by atoms with E-state index in [1.165, 1.54) is 24.5 Å². The molecule has 0 saturated carbocycles. The molecule has 1 amide bonds. The van der Waals surface area contributed by atoms with Crippen LogP contribution < -0.4 is 5.43 Å². The maximum absolute atomic E-state index is 11.6. The van der Waals surface area contributed by atoms with Gasteiger partial charge in [0.25, 0.3) is 5.91 Å². The zero-order valence-electron chi connectivity index (χ0n) is 9.82. The van der Waals surface area contributed by atoms with Crippen molar-refractivity contribution in [3.8, 4) is 11.5 Å². The molecular weight excluding hydrogens is 246 g/mol. The first-order valence-electron chi connectivity index (χ1n) is 5.42. The lowest BCUT2D eigenvalue weighted by molar-refractivity contribution is 0.0955. The molecule has 0 atom stereocenters. The third kappa shape index (κ3) is 3.29. The van der Waals surface area contributed by atoms with E-state index in [1.54, 1.807) is 24.4 Å². The molecule has 0 aliphatic carbocycles. The number of pyridine rings is 1. The Kier molecular flexibility index (Phi) is 3.72. The smallest absolute Gasteiger partial charge is 0.272 e. The zero-order valence-corrected chi connectivity index (χ0v) is 9.82. The number of carbonyl (C=O) groups excluding carboxylic acids is 1. The Morgan fingerprint density at radius 2 is 2.11 bits per heavy atom. The SMILES string of the molecule is O=C(N/N=C/c1ccc(O)c(O)c1)c1cccnc1. The molecule has 0 bridgehead atoms. The summed E-state index contributed by atoms with van der Waals surface area (Å²) in [7, 11) is 0. The van der Waals surface area contributed by atoms with E-state index < -0.39 is 0 Å². The van der Waals surface area contributed by atoms with Gasteiger partial charge < -0.3 is 10.2 Å². The van der Waals surface area contributed by atoms with Crippen molar-refractivity contribution in [3.05, 3.63) is 53.9 Å². The number of hydrogen-bond donors (Lipinski definition) is 3. The van der Waals surface area contributed by atoms with Crippen LogP contribution in [0.3, 0.4) is 0 Å². The number of phenolic OH excluding ortho intramolecular Hbond substituents is 2. The first-order valence-corrected chi connectivity index (χ1v) is 5.42. The first kappa shape index (κ1) is 12.6. The number of nitrogens with one attached hydrogen (secondary N) is 1. The highest BCUT2D eigenvalue weighted by Gasteiger charge is 2.02. The number of rotatable bonds is 3. The van der Waals surface area contributed by atoms with Crippen LogP contribution in [0.5, 0.6) is 11.5 Å². The van der Waals surface area contributed by atoms with Crippen LogP contribution in [0, 0.1) is 0 Å². The van der Waals surface area contributed by atoms with Crippen LogP contribution in [-0.4, -0.2) is 27.3 Å². The first-order chi connectivity index (χ1) is 9.16. The number of hydrazone groups is 1. The summed E-state index contributed by atoms with van der Waals surface area (Å²) >= 11 is 0. The standard InChI is InChI=1S/C13H11N3O3/c17-11-4-3-9(6-12(11)18)7-15-16-13(19)10-2-1-5-14-8-10/h1-8,17-18H,(H,16,19)/b15-7+. The number of nitrogens with zero attached hydrogens (tertiary/aromatic N) is 2. The van der Waals surface area contributed by atoms with E-state index in [4.69, 9.17) is 5.11 Å². The van der Waals surface area contributed by atoms with Gasteiger partial charge >= 0.3 is 0 Å². The summed E-state index contributed by atoms with van der Waals surface area (Å²) in [6.45, 7) is 0. The van der Waals surface area contributed by atoms with Crippen molar-refractivity contribution in [1.29, 1.82) is 0 Å². The molecule has 0 saturated heterocycles. The molecule has 0 aliphatic heterocycles. The van der Waals surface area contributed by atoms with E-state index >= 15 is 0 Å². The molecule has 1 heterocycles. The number of aromatic nitrogens is 1. The lowest BCUT2D eigenvalue weighted by Gasteiger charge is -1.99. The molecule has 2 aromatic rings. The van der Waals surface area contributed by atoms with Gasteiger partial charge in [-0.1, -0.05) is 0 Å². The summed E-state index contributed by atoms with van der Waals surface area (Å²) in [5.74, 6) is -0.841. The lowest BCUT2D eigenvalue weighted by Crippen LogP contribution is -2.17. The number of carbonyl (C=O) groups is 1. The molecule has 0 radical (unpaired) electrons. The number of hydrogen-bond acceptors (Lipinski definition) is 5. The third-order valence-electron chi connectivity index (χ3n) is 2.30. The minimum Gasteiger partial charge on any atom is -0.504 e. The van der Waals surface area contributed by atoms with E-state index in [0.29, 0.717) is 11.1 Å². The van der Waals surface area contributed by atoms with Crippen LogP contribution in [0.15, 0.2) is 47.8 Å². The van der Waals surface area contributed by atoms with Crippen LogP contribution in [0.25, 0.3) is 0 Å². The van der Waals surface area contributed by atoms with Gasteiger partial charge in [-0.15, -0.1) is 0 Å². The maximum Gasteiger partial charge on any atom is 0.272 e. The molecule has 19 heavy (non-hydrogen) atoms. The fourth-order valence-electron chi connectivity index (χ4n) is 1.35. The zero-order chi connectivity index (χ0) is 13.7. The van der Waals surface area contributed by atoms with Crippen molar-refractivity contribution in [1.82, 2.24) is 10.4 Å². The highest BCUT2D eigenvalue weighted by molar-refractivity contribution is 5.94. The highest BCUT2D eigenvalue weighted by atomic mass is 16.3. The molecule has 0 unspecified atom stereocenters. The molecule has 6 heteroatoms. The van der Waals surface area contributed by atoms with Gasteiger partial charge in [-0.25, -0.2) is 5.43 Å². The van der Waals surface area contributed by atoms with Crippen molar-refractivity contribution in [3.63, 3.8) is 0 Å².